The molecule has 2 aromatic heterocycles. The van der Waals surface area contributed by atoms with Crippen molar-refractivity contribution >= 4 is 29.9 Å². The molecule has 0 aromatic carbocycles. The van der Waals surface area contributed by atoms with E-state index >= 15 is 0 Å². The van der Waals surface area contributed by atoms with Gasteiger partial charge in [0.05, 0.1) is 6.20 Å². The van der Waals surface area contributed by atoms with Crippen LogP contribution >= 0.6 is 0 Å². The van der Waals surface area contributed by atoms with Gasteiger partial charge in [0.2, 0.25) is 5.91 Å². The number of anilines is 2. The summed E-state index contributed by atoms with van der Waals surface area (Å²) in [7, 11) is 1.59. The zero-order valence-electron chi connectivity index (χ0n) is 18.8. The van der Waals surface area contributed by atoms with Gasteiger partial charge >= 0.3 is 12.2 Å². The standard InChI is InChI=1S/C22H21F3N6O4/c1-13(33)30(2)10-15-6-14-4-3-5-31(20(14)28-17(15)11-32)21(34)29-19-7-18(16(8-26)9-27-19)35-12-22(23,24)25/h6-7,9,11H,3-5,10,12H2,1-2H3,(H,27,29,34). The molecule has 3 heterocycles. The Bertz CT molecular complexity index is 1190. The first-order valence-electron chi connectivity index (χ1n) is 10.4. The molecule has 1 aliphatic rings. The molecule has 35 heavy (non-hydrogen) atoms. The first kappa shape index (κ1) is 25.4. The van der Waals surface area contributed by atoms with Gasteiger partial charge in [0.1, 0.15) is 34.7 Å². The second-order valence-corrected chi connectivity index (χ2v) is 7.78. The van der Waals surface area contributed by atoms with E-state index in [1.54, 1.807) is 19.2 Å². The minimum Gasteiger partial charge on any atom is -0.483 e. The number of rotatable bonds is 6. The normalized spacial score (nSPS) is 12.9. The van der Waals surface area contributed by atoms with Crippen LogP contribution in [0.1, 0.15) is 40.5 Å². The molecule has 3 amide bonds. The molecule has 13 heteroatoms. The lowest BCUT2D eigenvalue weighted by Crippen LogP contribution is -2.40. The minimum atomic E-state index is -4.61. The SMILES string of the molecule is CC(=O)N(C)Cc1cc2c(nc1C=O)N(C(=O)Nc1cc(OCC(F)(F)F)c(C#N)cn1)CCC2. The number of hydrogen-bond donors (Lipinski definition) is 1. The van der Waals surface area contributed by atoms with E-state index in [-0.39, 0.29) is 47.6 Å². The summed E-state index contributed by atoms with van der Waals surface area (Å²) in [5.41, 5.74) is 1.09. The summed E-state index contributed by atoms with van der Waals surface area (Å²) in [6, 6.07) is 3.76. The number of aromatic nitrogens is 2. The van der Waals surface area contributed by atoms with Crippen LogP contribution in [0, 0.1) is 11.3 Å². The Kier molecular flexibility index (Phi) is 7.53. The van der Waals surface area contributed by atoms with E-state index in [2.05, 4.69) is 20.0 Å². The van der Waals surface area contributed by atoms with Crippen LogP contribution in [-0.4, -0.2) is 59.5 Å². The van der Waals surface area contributed by atoms with Gasteiger partial charge in [-0.2, -0.15) is 18.4 Å². The number of carbonyl (C=O) groups excluding carboxylic acids is 3. The van der Waals surface area contributed by atoms with Crippen LogP contribution in [0.2, 0.25) is 0 Å². The number of fused-ring (bicyclic) bond motifs is 1. The summed E-state index contributed by atoms with van der Waals surface area (Å²) in [5, 5.41) is 11.5. The smallest absolute Gasteiger partial charge is 0.422 e. The van der Waals surface area contributed by atoms with E-state index in [1.165, 1.54) is 16.7 Å². The average Bonchev–Trinajstić information content (AvgIpc) is 2.81. The number of nitrogens with zero attached hydrogens (tertiary/aromatic N) is 5. The van der Waals surface area contributed by atoms with Crippen LogP contribution in [0.5, 0.6) is 5.75 Å². The van der Waals surface area contributed by atoms with Crippen molar-refractivity contribution in [1.82, 2.24) is 14.9 Å². The summed E-state index contributed by atoms with van der Waals surface area (Å²) in [6.45, 7) is 0.226. The third kappa shape index (κ3) is 6.23. The molecule has 0 saturated heterocycles. The highest BCUT2D eigenvalue weighted by atomic mass is 19.4. The Hall–Kier alpha value is -4.21. The predicted octanol–water partition coefficient (Wildman–Crippen LogP) is 3.06. The lowest BCUT2D eigenvalue weighted by atomic mass is 10.0. The molecule has 1 aliphatic heterocycles. The first-order valence-corrected chi connectivity index (χ1v) is 10.4. The van der Waals surface area contributed by atoms with Gasteiger partial charge in [-0.25, -0.2) is 14.8 Å². The second kappa shape index (κ2) is 10.4. The van der Waals surface area contributed by atoms with Gasteiger partial charge in [0.15, 0.2) is 12.9 Å². The molecule has 2 aromatic rings. The van der Waals surface area contributed by atoms with Crippen molar-refractivity contribution in [3.63, 3.8) is 0 Å². The largest absolute Gasteiger partial charge is 0.483 e. The number of alkyl halides is 3. The predicted molar refractivity (Wildman–Crippen MR) is 117 cm³/mol. The van der Waals surface area contributed by atoms with Crippen molar-refractivity contribution in [3.05, 3.63) is 40.7 Å². The number of nitrogens with one attached hydrogen (secondary N) is 1. The zero-order chi connectivity index (χ0) is 25.8. The summed E-state index contributed by atoms with van der Waals surface area (Å²) in [4.78, 5) is 47.1. The van der Waals surface area contributed by atoms with Gasteiger partial charge in [-0.1, -0.05) is 0 Å². The number of amides is 3. The maximum atomic E-state index is 13.0. The summed E-state index contributed by atoms with van der Waals surface area (Å²) < 4.78 is 42.2. The van der Waals surface area contributed by atoms with Crippen molar-refractivity contribution in [2.24, 2.45) is 0 Å². The molecular formula is C22H21F3N6O4. The Balaban J connectivity index is 1.85. The summed E-state index contributed by atoms with van der Waals surface area (Å²) in [5.74, 6) is -0.440. The number of carbonyl (C=O) groups is 3. The molecule has 1 N–H and O–H groups in total. The number of aldehydes is 1. The third-order valence-corrected chi connectivity index (χ3v) is 5.19. The lowest BCUT2D eigenvalue weighted by Gasteiger charge is -2.29. The number of nitriles is 1. The molecule has 0 aliphatic carbocycles. The minimum absolute atomic E-state index is 0.0795. The van der Waals surface area contributed by atoms with E-state index in [4.69, 9.17) is 5.26 Å². The molecule has 0 fully saturated rings. The van der Waals surface area contributed by atoms with Crippen LogP contribution in [0.4, 0.5) is 29.6 Å². The molecule has 0 saturated carbocycles. The van der Waals surface area contributed by atoms with Crippen LogP contribution in [0.3, 0.4) is 0 Å². The number of aryl methyl sites for hydroxylation is 1. The molecule has 3 rings (SSSR count). The second-order valence-electron chi connectivity index (χ2n) is 7.78. The Morgan fingerprint density at radius 2 is 2.11 bits per heavy atom. The highest BCUT2D eigenvalue weighted by Gasteiger charge is 2.30. The van der Waals surface area contributed by atoms with Gasteiger partial charge in [0, 0.05) is 38.7 Å². The van der Waals surface area contributed by atoms with Gasteiger partial charge in [-0.3, -0.25) is 19.8 Å². The molecular weight excluding hydrogens is 469 g/mol. The van der Waals surface area contributed by atoms with Crippen molar-refractivity contribution in [3.8, 4) is 11.8 Å². The number of hydrogen-bond acceptors (Lipinski definition) is 7. The topological polar surface area (TPSA) is 129 Å². The quantitative estimate of drug-likeness (QED) is 0.616. The fourth-order valence-corrected chi connectivity index (χ4v) is 3.40. The molecule has 184 valence electrons. The maximum absolute atomic E-state index is 13.0. The maximum Gasteiger partial charge on any atom is 0.422 e. The number of pyridine rings is 2. The van der Waals surface area contributed by atoms with E-state index < -0.39 is 18.8 Å². The third-order valence-electron chi connectivity index (χ3n) is 5.19. The Morgan fingerprint density at radius 3 is 2.74 bits per heavy atom. The monoisotopic (exact) mass is 490 g/mol. The summed E-state index contributed by atoms with van der Waals surface area (Å²) >= 11 is 0. The Morgan fingerprint density at radius 1 is 1.37 bits per heavy atom. The highest BCUT2D eigenvalue weighted by molar-refractivity contribution is 6.01. The fourth-order valence-electron chi connectivity index (χ4n) is 3.40. The number of halogens is 3. The van der Waals surface area contributed by atoms with Crippen molar-refractivity contribution in [2.45, 2.75) is 32.5 Å². The van der Waals surface area contributed by atoms with E-state index in [1.807, 2.05) is 0 Å². The van der Waals surface area contributed by atoms with Crippen molar-refractivity contribution < 1.29 is 32.3 Å². The molecule has 10 nitrogen and oxygen atoms in total. The van der Waals surface area contributed by atoms with Gasteiger partial charge in [-0.15, -0.1) is 0 Å². The highest BCUT2D eigenvalue weighted by Crippen LogP contribution is 2.29. The average molecular weight is 490 g/mol. The van der Waals surface area contributed by atoms with E-state index in [0.29, 0.717) is 30.3 Å². The van der Waals surface area contributed by atoms with Gasteiger partial charge < -0.3 is 9.64 Å². The zero-order valence-corrected chi connectivity index (χ0v) is 18.8. The fraction of sp³-hybridized carbons (Fsp3) is 0.364. The lowest BCUT2D eigenvalue weighted by molar-refractivity contribution is -0.153. The summed E-state index contributed by atoms with van der Waals surface area (Å²) in [6.07, 6.45) is -1.90. The molecule has 0 radical (unpaired) electrons. The number of urea groups is 1. The van der Waals surface area contributed by atoms with Gasteiger partial charge in [-0.05, 0) is 24.5 Å². The first-order chi connectivity index (χ1) is 16.5. The van der Waals surface area contributed by atoms with Crippen molar-refractivity contribution in [1.29, 1.82) is 5.26 Å². The van der Waals surface area contributed by atoms with Crippen LogP contribution in [-0.2, 0) is 17.8 Å². The van der Waals surface area contributed by atoms with Crippen LogP contribution < -0.4 is 15.0 Å². The number of ether oxygens (including phenoxy) is 1. The molecule has 0 bridgehead atoms. The molecule has 0 atom stereocenters. The van der Waals surface area contributed by atoms with Crippen molar-refractivity contribution in [2.75, 3.05) is 30.4 Å². The molecule has 0 spiro atoms. The van der Waals surface area contributed by atoms with E-state index in [0.717, 1.165) is 12.3 Å². The van der Waals surface area contributed by atoms with Crippen LogP contribution in [0.25, 0.3) is 0 Å². The van der Waals surface area contributed by atoms with Crippen LogP contribution in [0.15, 0.2) is 18.3 Å². The van der Waals surface area contributed by atoms with Gasteiger partial charge in [0.25, 0.3) is 0 Å². The van der Waals surface area contributed by atoms with E-state index in [9.17, 15) is 27.6 Å². The molecule has 0 unspecified atom stereocenters. The Labute approximate surface area is 198 Å².